The summed E-state index contributed by atoms with van der Waals surface area (Å²) in [5.74, 6) is -0.761. The molecule has 0 fully saturated rings. The molecule has 0 radical (unpaired) electrons. The van der Waals surface area contributed by atoms with Crippen LogP contribution in [0, 0.1) is 0 Å². The highest BCUT2D eigenvalue weighted by Crippen LogP contribution is 2.47. The van der Waals surface area contributed by atoms with Crippen molar-refractivity contribution in [3.05, 3.63) is 95.1 Å². The second-order valence-corrected chi connectivity index (χ2v) is 5.90. The highest BCUT2D eigenvalue weighted by atomic mass is 16.4. The molecule has 24 heavy (non-hydrogen) atoms. The van der Waals surface area contributed by atoms with E-state index < -0.39 is 5.97 Å². The molecule has 1 aliphatic carbocycles. The van der Waals surface area contributed by atoms with Gasteiger partial charge in [0.1, 0.15) is 0 Å². The Morgan fingerprint density at radius 2 is 1.50 bits per heavy atom. The van der Waals surface area contributed by atoms with Gasteiger partial charge in [0.05, 0.1) is 5.56 Å². The Labute approximate surface area is 141 Å². The van der Waals surface area contributed by atoms with Crippen LogP contribution >= 0.6 is 0 Å². The molecule has 0 saturated carbocycles. The van der Waals surface area contributed by atoms with Gasteiger partial charge in [0.15, 0.2) is 0 Å². The second kappa shape index (κ2) is 6.30. The first-order valence-corrected chi connectivity index (χ1v) is 7.75. The Bertz CT molecular complexity index is 887. The van der Waals surface area contributed by atoms with Crippen molar-refractivity contribution in [3.8, 4) is 11.1 Å². The lowest BCUT2D eigenvalue weighted by Crippen LogP contribution is -2.08. The molecule has 0 amide bonds. The molecule has 0 aromatic heterocycles. The van der Waals surface area contributed by atoms with Gasteiger partial charge in [0.25, 0.3) is 0 Å². The number of hydrogen-bond acceptors (Lipinski definition) is 2. The monoisotopic (exact) mass is 317 g/mol. The van der Waals surface area contributed by atoms with Gasteiger partial charge in [-0.3, -0.25) is 0 Å². The molecule has 4 rings (SSSR count). The summed E-state index contributed by atoms with van der Waals surface area (Å²) in [6, 6.07) is 24.1. The topological polar surface area (TPSA) is 72.3 Å². The van der Waals surface area contributed by atoms with Gasteiger partial charge in [0.2, 0.25) is 0 Å². The third kappa shape index (κ3) is 2.49. The van der Waals surface area contributed by atoms with Crippen molar-refractivity contribution in [1.82, 2.24) is 6.15 Å². The number of benzene rings is 3. The first-order valence-electron chi connectivity index (χ1n) is 7.75. The molecule has 120 valence electrons. The number of carbonyl (C=O) groups is 1. The van der Waals surface area contributed by atoms with Crippen molar-refractivity contribution in [2.45, 2.75) is 12.3 Å². The maximum absolute atomic E-state index is 11.7. The smallest absolute Gasteiger partial charge is 0.336 e. The van der Waals surface area contributed by atoms with Crippen molar-refractivity contribution >= 4 is 5.97 Å². The zero-order valence-electron chi connectivity index (χ0n) is 13.3. The van der Waals surface area contributed by atoms with E-state index in [1.807, 2.05) is 42.5 Å². The van der Waals surface area contributed by atoms with Gasteiger partial charge in [-0.25, -0.2) is 4.79 Å². The quantitative estimate of drug-likeness (QED) is 0.721. The first kappa shape index (κ1) is 16.0. The summed E-state index contributed by atoms with van der Waals surface area (Å²) in [6.07, 6.45) is 0.815. The molecular formula is C21H19NO2. The van der Waals surface area contributed by atoms with E-state index in [1.165, 1.54) is 11.1 Å². The molecule has 0 spiro atoms. The van der Waals surface area contributed by atoms with Gasteiger partial charge in [-0.1, -0.05) is 66.7 Å². The van der Waals surface area contributed by atoms with Crippen LogP contribution in [0.3, 0.4) is 0 Å². The standard InChI is InChI=1S/C21H16O2.H3N/c22-21(23)18-12-6-11-17-15-9-4-5-10-16(15)19(20(17)18)13-14-7-2-1-3-8-14;/h1-12,19H,13H2,(H,22,23);1H3. The number of carboxylic acids is 1. The molecule has 0 saturated heterocycles. The summed E-state index contributed by atoms with van der Waals surface area (Å²) in [4.78, 5) is 11.7. The lowest BCUT2D eigenvalue weighted by atomic mass is 9.87. The number of fused-ring (bicyclic) bond motifs is 3. The lowest BCUT2D eigenvalue weighted by Gasteiger charge is -2.15. The summed E-state index contributed by atoms with van der Waals surface area (Å²) in [5, 5.41) is 9.61. The molecule has 3 aromatic carbocycles. The fourth-order valence-corrected chi connectivity index (χ4v) is 3.63. The predicted octanol–water partition coefficient (Wildman–Crippen LogP) is 4.90. The van der Waals surface area contributed by atoms with Crippen LogP contribution in [-0.4, -0.2) is 11.1 Å². The zero-order chi connectivity index (χ0) is 15.8. The van der Waals surface area contributed by atoms with Crippen molar-refractivity contribution in [2.24, 2.45) is 0 Å². The molecule has 1 atom stereocenters. The predicted molar refractivity (Wildman–Crippen MR) is 95.8 cm³/mol. The highest BCUT2D eigenvalue weighted by molar-refractivity contribution is 5.95. The van der Waals surface area contributed by atoms with Crippen LogP contribution in [0.5, 0.6) is 0 Å². The molecule has 0 heterocycles. The SMILES string of the molecule is N.O=C(O)c1cccc2c1C(Cc1ccccc1)c1ccccc1-2. The van der Waals surface area contributed by atoms with Crippen molar-refractivity contribution < 1.29 is 9.90 Å². The maximum Gasteiger partial charge on any atom is 0.336 e. The van der Waals surface area contributed by atoms with Crippen molar-refractivity contribution in [1.29, 1.82) is 0 Å². The van der Waals surface area contributed by atoms with E-state index in [9.17, 15) is 9.90 Å². The molecule has 1 unspecified atom stereocenters. The molecule has 3 nitrogen and oxygen atoms in total. The second-order valence-electron chi connectivity index (χ2n) is 5.90. The third-order valence-corrected chi connectivity index (χ3v) is 4.59. The maximum atomic E-state index is 11.7. The normalized spacial score (nSPS) is 14.4. The minimum absolute atomic E-state index is 0. The largest absolute Gasteiger partial charge is 0.478 e. The number of rotatable bonds is 3. The van der Waals surface area contributed by atoms with E-state index in [0.29, 0.717) is 5.56 Å². The number of carboxylic acid groups (broad SMARTS) is 1. The van der Waals surface area contributed by atoms with Gasteiger partial charge < -0.3 is 11.3 Å². The van der Waals surface area contributed by atoms with Crippen LogP contribution in [-0.2, 0) is 6.42 Å². The molecule has 3 heteroatoms. The molecular weight excluding hydrogens is 298 g/mol. The van der Waals surface area contributed by atoms with Crippen LogP contribution in [0.25, 0.3) is 11.1 Å². The summed E-state index contributed by atoms with van der Waals surface area (Å²) in [7, 11) is 0. The minimum Gasteiger partial charge on any atom is -0.478 e. The molecule has 4 N–H and O–H groups in total. The molecule has 0 aliphatic heterocycles. The number of aromatic carboxylic acids is 1. The van der Waals surface area contributed by atoms with Gasteiger partial charge >= 0.3 is 5.97 Å². The van der Waals surface area contributed by atoms with E-state index in [1.54, 1.807) is 6.07 Å². The molecule has 0 bridgehead atoms. The summed E-state index contributed by atoms with van der Waals surface area (Å²) < 4.78 is 0. The fraction of sp³-hybridized carbons (Fsp3) is 0.0952. The van der Waals surface area contributed by atoms with E-state index in [4.69, 9.17) is 0 Å². The summed E-state index contributed by atoms with van der Waals surface area (Å²) in [5.41, 5.74) is 6.03. The van der Waals surface area contributed by atoms with Gasteiger partial charge in [-0.2, -0.15) is 0 Å². The van der Waals surface area contributed by atoms with Crippen LogP contribution in [0.2, 0.25) is 0 Å². The Balaban J connectivity index is 0.00000169. The Morgan fingerprint density at radius 3 is 2.25 bits per heavy atom. The third-order valence-electron chi connectivity index (χ3n) is 4.59. The molecule has 1 aliphatic rings. The van der Waals surface area contributed by atoms with Crippen molar-refractivity contribution in [3.63, 3.8) is 0 Å². The molecule has 3 aromatic rings. The van der Waals surface area contributed by atoms with E-state index in [2.05, 4.69) is 24.3 Å². The van der Waals surface area contributed by atoms with Crippen LogP contribution in [0.1, 0.15) is 33.0 Å². The summed E-state index contributed by atoms with van der Waals surface area (Å²) >= 11 is 0. The van der Waals surface area contributed by atoms with E-state index in [0.717, 1.165) is 23.1 Å². The van der Waals surface area contributed by atoms with E-state index in [-0.39, 0.29) is 12.1 Å². The highest BCUT2D eigenvalue weighted by Gasteiger charge is 2.32. The fourth-order valence-electron chi connectivity index (χ4n) is 3.63. The lowest BCUT2D eigenvalue weighted by molar-refractivity contribution is 0.0695. The average molecular weight is 317 g/mol. The first-order chi connectivity index (χ1) is 11.3. The van der Waals surface area contributed by atoms with Crippen LogP contribution in [0.4, 0.5) is 0 Å². The van der Waals surface area contributed by atoms with Crippen LogP contribution in [0.15, 0.2) is 72.8 Å². The van der Waals surface area contributed by atoms with E-state index >= 15 is 0 Å². The Hall–Kier alpha value is -2.91. The average Bonchev–Trinajstić information content (AvgIpc) is 2.90. The van der Waals surface area contributed by atoms with Crippen LogP contribution < -0.4 is 6.15 Å². The Morgan fingerprint density at radius 1 is 0.833 bits per heavy atom. The van der Waals surface area contributed by atoms with Gasteiger partial charge in [-0.05, 0) is 40.3 Å². The van der Waals surface area contributed by atoms with Gasteiger partial charge in [0, 0.05) is 5.92 Å². The zero-order valence-corrected chi connectivity index (χ0v) is 13.3. The number of hydrogen-bond donors (Lipinski definition) is 2. The minimum atomic E-state index is -0.854. The van der Waals surface area contributed by atoms with Gasteiger partial charge in [-0.15, -0.1) is 0 Å². The summed E-state index contributed by atoms with van der Waals surface area (Å²) in [6.45, 7) is 0. The Kier molecular flexibility index (Phi) is 4.19. The van der Waals surface area contributed by atoms with Crippen molar-refractivity contribution in [2.75, 3.05) is 0 Å².